The van der Waals surface area contributed by atoms with Crippen molar-refractivity contribution >= 4 is 17.6 Å². The number of aliphatic carboxylic acids is 1. The van der Waals surface area contributed by atoms with Crippen molar-refractivity contribution in [3.8, 4) is 6.07 Å². The monoisotopic (exact) mass is 565 g/mol. The van der Waals surface area contributed by atoms with E-state index in [-0.39, 0.29) is 24.7 Å². The normalized spacial score (nSPS) is 18.4. The maximum absolute atomic E-state index is 13.0. The van der Waals surface area contributed by atoms with Gasteiger partial charge in [-0.25, -0.2) is 0 Å². The molecule has 226 valence electrons. The van der Waals surface area contributed by atoms with Gasteiger partial charge >= 0.3 is 5.97 Å². The first-order chi connectivity index (χ1) is 19.7. The fraction of sp³-hybridized carbons (Fsp3) is 0.647. The van der Waals surface area contributed by atoms with Gasteiger partial charge in [-0.2, -0.15) is 5.26 Å². The minimum Gasteiger partial charge on any atom is -0.481 e. The number of hydrogen-bond donors (Lipinski definition) is 2. The predicted molar refractivity (Wildman–Crippen MR) is 164 cm³/mol. The summed E-state index contributed by atoms with van der Waals surface area (Å²) in [5.74, 6) is 1.06. The third-order valence-corrected chi connectivity index (χ3v) is 8.69. The summed E-state index contributed by atoms with van der Waals surface area (Å²) in [6.07, 6.45) is 8.48. The molecule has 4 rings (SSSR count). The van der Waals surface area contributed by atoms with Crippen LogP contribution in [-0.2, 0) is 9.59 Å². The van der Waals surface area contributed by atoms with Crippen molar-refractivity contribution in [3.05, 3.63) is 46.8 Å². The van der Waals surface area contributed by atoms with Gasteiger partial charge in [0, 0.05) is 35.9 Å². The molecule has 2 aliphatic carbocycles. The topological polar surface area (TPSA) is 116 Å². The van der Waals surface area contributed by atoms with Crippen molar-refractivity contribution in [2.45, 2.75) is 130 Å². The Morgan fingerprint density at radius 1 is 1.10 bits per heavy atom. The van der Waals surface area contributed by atoms with Gasteiger partial charge < -0.3 is 14.9 Å². The van der Waals surface area contributed by atoms with E-state index in [1.807, 2.05) is 27.7 Å². The zero-order valence-corrected chi connectivity index (χ0v) is 26.3. The van der Waals surface area contributed by atoms with Crippen LogP contribution in [0, 0.1) is 22.7 Å². The van der Waals surface area contributed by atoms with Crippen LogP contribution in [0.25, 0.3) is 0 Å². The second-order valence-corrected chi connectivity index (χ2v) is 11.4. The largest absolute Gasteiger partial charge is 0.481 e. The number of nitrogens with zero attached hydrogens (tertiary/aromatic N) is 2. The Balaban J connectivity index is 0.00000141. The second kappa shape index (κ2) is 16.3. The number of carboxylic acid groups (broad SMARTS) is 1. The third-order valence-electron chi connectivity index (χ3n) is 8.69. The molecule has 0 spiro atoms. The lowest BCUT2D eigenvalue weighted by Gasteiger charge is -2.40. The Bertz CT molecular complexity index is 1130. The minimum atomic E-state index is -0.883. The van der Waals surface area contributed by atoms with Crippen molar-refractivity contribution in [3.63, 3.8) is 0 Å². The van der Waals surface area contributed by atoms with Gasteiger partial charge in [-0.05, 0) is 80.0 Å². The van der Waals surface area contributed by atoms with Crippen LogP contribution in [0.4, 0.5) is 5.69 Å². The van der Waals surface area contributed by atoms with Crippen molar-refractivity contribution in [1.82, 2.24) is 5.16 Å². The molecule has 1 heterocycles. The first-order valence-corrected chi connectivity index (χ1v) is 15.8. The third kappa shape index (κ3) is 9.45. The SMILES string of the molecule is CC.CC.CCC(C)(CC)CC1CC(c2onc(C(CCC(=O)O)CC(=O)Nc3ccc(C#N)cc3)c2C2CC2)C1. The molecule has 1 aromatic heterocycles. The van der Waals surface area contributed by atoms with Crippen molar-refractivity contribution < 1.29 is 19.2 Å². The number of rotatable bonds is 13. The summed E-state index contributed by atoms with van der Waals surface area (Å²) in [7, 11) is 0. The highest BCUT2D eigenvalue weighted by molar-refractivity contribution is 5.91. The Labute approximate surface area is 247 Å². The second-order valence-electron chi connectivity index (χ2n) is 11.4. The number of nitriles is 1. The van der Waals surface area contributed by atoms with Crippen molar-refractivity contribution in [2.24, 2.45) is 11.3 Å². The first kappa shape index (κ1) is 34.1. The molecule has 2 saturated carbocycles. The zero-order valence-electron chi connectivity index (χ0n) is 26.3. The Kier molecular flexibility index (Phi) is 13.6. The van der Waals surface area contributed by atoms with Gasteiger partial charge in [0.05, 0.1) is 17.3 Å². The van der Waals surface area contributed by atoms with Gasteiger partial charge in [-0.3, -0.25) is 9.59 Å². The summed E-state index contributed by atoms with van der Waals surface area (Å²) in [5.41, 5.74) is 3.46. The molecule has 2 aromatic rings. The standard InChI is InChI=1S/C30H39N3O4.2C2H6/c1-4-30(3,5-2)17-20-14-23(15-20)29-27(21-8-9-21)28(33-37-29)22(10-13-26(35)36)16-25(34)32-24-11-6-19(18-31)7-12-24;2*1-2/h6-7,11-12,20-23H,4-5,8-10,13-17H2,1-3H3,(H,32,34)(H,35,36);2*1-2H3. The molecule has 0 aliphatic heterocycles. The van der Waals surface area contributed by atoms with Crippen LogP contribution >= 0.6 is 0 Å². The summed E-state index contributed by atoms with van der Waals surface area (Å²) < 4.78 is 5.99. The molecular weight excluding hydrogens is 514 g/mol. The maximum Gasteiger partial charge on any atom is 0.303 e. The Morgan fingerprint density at radius 3 is 2.22 bits per heavy atom. The molecule has 7 nitrogen and oxygen atoms in total. The van der Waals surface area contributed by atoms with E-state index in [1.54, 1.807) is 24.3 Å². The number of amides is 1. The molecule has 41 heavy (non-hydrogen) atoms. The molecule has 1 unspecified atom stereocenters. The zero-order chi connectivity index (χ0) is 30.6. The summed E-state index contributed by atoms with van der Waals surface area (Å²) >= 11 is 0. The smallest absolute Gasteiger partial charge is 0.303 e. The van der Waals surface area contributed by atoms with E-state index in [0.717, 1.165) is 42.7 Å². The molecule has 1 aromatic carbocycles. The van der Waals surface area contributed by atoms with E-state index in [0.29, 0.717) is 40.8 Å². The molecule has 2 fully saturated rings. The van der Waals surface area contributed by atoms with Gasteiger partial charge in [0.15, 0.2) is 0 Å². The highest BCUT2D eigenvalue weighted by atomic mass is 16.5. The summed E-state index contributed by atoms with van der Waals surface area (Å²) in [4.78, 5) is 24.4. The lowest BCUT2D eigenvalue weighted by Crippen LogP contribution is -2.28. The quantitative estimate of drug-likeness (QED) is 0.250. The Hall–Kier alpha value is -3.14. The Morgan fingerprint density at radius 2 is 1.71 bits per heavy atom. The van der Waals surface area contributed by atoms with Crippen LogP contribution in [0.15, 0.2) is 28.8 Å². The molecule has 1 amide bonds. The number of carbonyl (C=O) groups excluding carboxylic acids is 1. The number of carbonyl (C=O) groups is 2. The molecule has 1 atom stereocenters. The van der Waals surface area contributed by atoms with Crippen LogP contribution in [0.3, 0.4) is 0 Å². The lowest BCUT2D eigenvalue weighted by atomic mass is 9.64. The first-order valence-electron chi connectivity index (χ1n) is 15.8. The fourth-order valence-corrected chi connectivity index (χ4v) is 5.74. The fourth-order valence-electron chi connectivity index (χ4n) is 5.74. The molecule has 0 radical (unpaired) electrons. The van der Waals surface area contributed by atoms with E-state index < -0.39 is 5.97 Å². The number of nitrogens with one attached hydrogen (secondary N) is 1. The summed E-state index contributed by atoms with van der Waals surface area (Å²) in [6, 6.07) is 8.77. The van der Waals surface area contributed by atoms with E-state index in [9.17, 15) is 14.7 Å². The van der Waals surface area contributed by atoms with E-state index in [4.69, 9.17) is 9.78 Å². The number of benzene rings is 1. The van der Waals surface area contributed by atoms with Gasteiger partial charge in [0.1, 0.15) is 5.76 Å². The van der Waals surface area contributed by atoms with Gasteiger partial charge in [-0.1, -0.05) is 66.5 Å². The van der Waals surface area contributed by atoms with E-state index in [2.05, 4.69) is 37.3 Å². The number of hydrogen-bond acceptors (Lipinski definition) is 5. The highest BCUT2D eigenvalue weighted by Crippen LogP contribution is 2.54. The summed E-state index contributed by atoms with van der Waals surface area (Å²) in [6.45, 7) is 14.9. The molecule has 2 aliphatic rings. The van der Waals surface area contributed by atoms with Gasteiger partial charge in [0.25, 0.3) is 0 Å². The average molecular weight is 566 g/mol. The molecular formula is C34H51N3O4. The molecule has 0 bridgehead atoms. The maximum atomic E-state index is 13.0. The van der Waals surface area contributed by atoms with E-state index in [1.165, 1.54) is 19.3 Å². The molecule has 0 saturated heterocycles. The van der Waals surface area contributed by atoms with E-state index >= 15 is 0 Å². The number of carboxylic acids is 1. The molecule has 7 heteroatoms. The number of anilines is 1. The van der Waals surface area contributed by atoms with Crippen LogP contribution in [0.5, 0.6) is 0 Å². The van der Waals surface area contributed by atoms with Crippen molar-refractivity contribution in [1.29, 1.82) is 5.26 Å². The number of aromatic nitrogens is 1. The minimum absolute atomic E-state index is 0.0285. The van der Waals surface area contributed by atoms with Crippen molar-refractivity contribution in [2.75, 3.05) is 5.32 Å². The van der Waals surface area contributed by atoms with Crippen LogP contribution in [0.2, 0.25) is 0 Å². The average Bonchev–Trinajstić information content (AvgIpc) is 3.73. The predicted octanol–water partition coefficient (Wildman–Crippen LogP) is 9.16. The highest BCUT2D eigenvalue weighted by Gasteiger charge is 2.43. The molecule has 2 N–H and O–H groups in total. The van der Waals surface area contributed by atoms with Gasteiger partial charge in [0.2, 0.25) is 5.91 Å². The van der Waals surface area contributed by atoms with Crippen LogP contribution in [-0.4, -0.2) is 22.1 Å². The summed E-state index contributed by atoms with van der Waals surface area (Å²) in [5, 5.41) is 25.7. The van der Waals surface area contributed by atoms with Crippen LogP contribution in [0.1, 0.15) is 153 Å². The van der Waals surface area contributed by atoms with Gasteiger partial charge in [-0.15, -0.1) is 0 Å². The van der Waals surface area contributed by atoms with Crippen LogP contribution < -0.4 is 5.32 Å². The lowest BCUT2D eigenvalue weighted by molar-refractivity contribution is -0.137.